The molecular weight excluding hydrogens is 286 g/mol. The van der Waals surface area contributed by atoms with E-state index < -0.39 is 5.24 Å². The molecule has 1 aliphatic rings. The summed E-state index contributed by atoms with van der Waals surface area (Å²) in [7, 11) is 0. The smallest absolute Gasteiger partial charge is 0.254 e. The number of carbonyl (C=O) groups is 1. The molecule has 0 saturated heterocycles. The number of halogens is 1. The second-order valence-electron chi connectivity index (χ2n) is 5.55. The highest BCUT2D eigenvalue weighted by molar-refractivity contribution is 6.63. The maximum absolute atomic E-state index is 12.6. The Labute approximate surface area is 128 Å². The maximum Gasteiger partial charge on any atom is 0.254 e. The van der Waals surface area contributed by atoms with Gasteiger partial charge in [0.05, 0.1) is 12.1 Å². The monoisotopic (exact) mass is 301 g/mol. The van der Waals surface area contributed by atoms with Crippen molar-refractivity contribution in [3.8, 4) is 11.3 Å². The zero-order valence-electron chi connectivity index (χ0n) is 11.8. The molecule has 2 aromatic rings. The van der Waals surface area contributed by atoms with Crippen LogP contribution in [0, 0.1) is 6.92 Å². The van der Waals surface area contributed by atoms with E-state index in [1.165, 1.54) is 5.56 Å². The van der Waals surface area contributed by atoms with Gasteiger partial charge in [0.15, 0.2) is 0 Å². The van der Waals surface area contributed by atoms with Crippen LogP contribution in [0.25, 0.3) is 11.3 Å². The molecule has 0 bridgehead atoms. The minimum Gasteiger partial charge on any atom is -0.305 e. The average Bonchev–Trinajstić information content (AvgIpc) is 3.26. The van der Waals surface area contributed by atoms with Gasteiger partial charge >= 0.3 is 0 Å². The summed E-state index contributed by atoms with van der Waals surface area (Å²) in [5.41, 5.74) is 3.49. The van der Waals surface area contributed by atoms with Crippen molar-refractivity contribution in [2.45, 2.75) is 32.2 Å². The molecule has 21 heavy (non-hydrogen) atoms. The largest absolute Gasteiger partial charge is 0.305 e. The molecule has 1 aromatic heterocycles. The first kappa shape index (κ1) is 14.1. The van der Waals surface area contributed by atoms with Gasteiger partial charge in [-0.15, -0.1) is 0 Å². The van der Waals surface area contributed by atoms with Gasteiger partial charge in [-0.1, -0.05) is 35.9 Å². The summed E-state index contributed by atoms with van der Waals surface area (Å²) in [4.78, 5) is 23.7. The van der Waals surface area contributed by atoms with Gasteiger partial charge in [0.1, 0.15) is 0 Å². The lowest BCUT2D eigenvalue weighted by molar-refractivity contribution is -0.111. The lowest BCUT2D eigenvalue weighted by Gasteiger charge is -2.14. The second-order valence-corrected chi connectivity index (χ2v) is 5.97. The van der Waals surface area contributed by atoms with Crippen molar-refractivity contribution in [3.63, 3.8) is 0 Å². The number of rotatable bonds is 4. The number of hydrogen-bond acceptors (Lipinski definition) is 2. The van der Waals surface area contributed by atoms with Crippen molar-refractivity contribution >= 4 is 16.8 Å². The third-order valence-electron chi connectivity index (χ3n) is 3.78. The number of pyridine rings is 1. The van der Waals surface area contributed by atoms with Gasteiger partial charge in [-0.25, -0.2) is 0 Å². The van der Waals surface area contributed by atoms with Crippen LogP contribution in [0.2, 0.25) is 0 Å². The van der Waals surface area contributed by atoms with Gasteiger partial charge in [-0.2, -0.15) is 0 Å². The first-order valence-electron chi connectivity index (χ1n) is 7.06. The standard InChI is InChI=1S/C17H16ClNO2/c1-11-2-4-12(5-3-11)15-9-6-13(10-16(18)20)17(21)19(15)14-7-8-14/h2-6,9,14H,7-8,10H2,1H3. The summed E-state index contributed by atoms with van der Waals surface area (Å²) < 4.78 is 1.82. The van der Waals surface area contributed by atoms with Crippen LogP contribution in [0.1, 0.15) is 30.0 Å². The predicted molar refractivity (Wildman–Crippen MR) is 83.7 cm³/mol. The molecule has 0 aliphatic heterocycles. The molecule has 1 fully saturated rings. The van der Waals surface area contributed by atoms with Crippen molar-refractivity contribution in [2.24, 2.45) is 0 Å². The van der Waals surface area contributed by atoms with Crippen LogP contribution in [-0.4, -0.2) is 9.81 Å². The average molecular weight is 302 g/mol. The Morgan fingerprint density at radius 1 is 1.19 bits per heavy atom. The molecule has 0 atom stereocenters. The van der Waals surface area contributed by atoms with Crippen LogP contribution in [0.15, 0.2) is 41.2 Å². The number of aryl methyl sites for hydroxylation is 1. The van der Waals surface area contributed by atoms with Crippen molar-refractivity contribution in [3.05, 3.63) is 57.9 Å². The minimum atomic E-state index is -0.502. The molecule has 0 radical (unpaired) electrons. The molecule has 1 aliphatic carbocycles. The highest BCUT2D eigenvalue weighted by Gasteiger charge is 2.28. The number of nitrogens with zero attached hydrogens (tertiary/aromatic N) is 1. The van der Waals surface area contributed by atoms with Crippen molar-refractivity contribution in [1.29, 1.82) is 0 Å². The molecule has 3 rings (SSSR count). The molecule has 0 unspecified atom stereocenters. The van der Waals surface area contributed by atoms with E-state index in [4.69, 9.17) is 11.6 Å². The first-order chi connectivity index (χ1) is 10.1. The van der Waals surface area contributed by atoms with Gasteiger partial charge < -0.3 is 4.57 Å². The Kier molecular flexibility index (Phi) is 3.68. The molecule has 0 N–H and O–H groups in total. The Morgan fingerprint density at radius 2 is 1.86 bits per heavy atom. The summed E-state index contributed by atoms with van der Waals surface area (Å²) in [6.45, 7) is 2.03. The van der Waals surface area contributed by atoms with E-state index >= 15 is 0 Å². The quantitative estimate of drug-likeness (QED) is 0.811. The maximum atomic E-state index is 12.6. The molecule has 0 spiro atoms. The third-order valence-corrected chi connectivity index (χ3v) is 3.92. The van der Waals surface area contributed by atoms with E-state index in [0.717, 1.165) is 24.1 Å². The Bertz CT molecular complexity index is 742. The fourth-order valence-corrected chi connectivity index (χ4v) is 2.68. The topological polar surface area (TPSA) is 39.1 Å². The fourth-order valence-electron chi connectivity index (χ4n) is 2.53. The number of benzene rings is 1. The molecule has 0 amide bonds. The third kappa shape index (κ3) is 2.93. The lowest BCUT2D eigenvalue weighted by atomic mass is 10.1. The van der Waals surface area contributed by atoms with E-state index in [9.17, 15) is 9.59 Å². The Hall–Kier alpha value is -1.87. The van der Waals surface area contributed by atoms with Crippen LogP contribution in [0.4, 0.5) is 0 Å². The minimum absolute atomic E-state index is 0.0126. The molecule has 3 nitrogen and oxygen atoms in total. The van der Waals surface area contributed by atoms with E-state index in [0.29, 0.717) is 5.56 Å². The molecule has 108 valence electrons. The Morgan fingerprint density at radius 3 is 2.43 bits per heavy atom. The highest BCUT2D eigenvalue weighted by atomic mass is 35.5. The zero-order valence-corrected chi connectivity index (χ0v) is 12.6. The summed E-state index contributed by atoms with van der Waals surface area (Å²) in [6.07, 6.45) is 2.01. The summed E-state index contributed by atoms with van der Waals surface area (Å²) >= 11 is 5.42. The van der Waals surface area contributed by atoms with E-state index in [1.54, 1.807) is 6.07 Å². The van der Waals surface area contributed by atoms with Gasteiger partial charge in [0.25, 0.3) is 5.56 Å². The summed E-state index contributed by atoms with van der Waals surface area (Å²) in [5.74, 6) is 0. The summed E-state index contributed by atoms with van der Waals surface area (Å²) in [5, 5.41) is -0.502. The second kappa shape index (κ2) is 5.49. The van der Waals surface area contributed by atoms with Crippen LogP contribution >= 0.6 is 11.6 Å². The number of carbonyl (C=O) groups excluding carboxylic acids is 1. The lowest BCUT2D eigenvalue weighted by Crippen LogP contribution is -2.25. The van der Waals surface area contributed by atoms with E-state index in [1.807, 2.05) is 41.8 Å². The van der Waals surface area contributed by atoms with Crippen LogP contribution in [0.5, 0.6) is 0 Å². The fraction of sp³-hybridized carbons (Fsp3) is 0.294. The molecule has 1 saturated carbocycles. The van der Waals surface area contributed by atoms with Gasteiger partial charge in [0, 0.05) is 11.6 Å². The Balaban J connectivity index is 2.12. The van der Waals surface area contributed by atoms with Crippen molar-refractivity contribution in [2.75, 3.05) is 0 Å². The number of hydrogen-bond donors (Lipinski definition) is 0. The van der Waals surface area contributed by atoms with Crippen molar-refractivity contribution in [1.82, 2.24) is 4.57 Å². The SMILES string of the molecule is Cc1ccc(-c2ccc(CC(=O)Cl)c(=O)n2C2CC2)cc1. The highest BCUT2D eigenvalue weighted by Crippen LogP contribution is 2.37. The molecular formula is C17H16ClNO2. The molecule has 1 aromatic carbocycles. The van der Waals surface area contributed by atoms with Crippen LogP contribution in [0.3, 0.4) is 0 Å². The normalized spacial score (nSPS) is 14.2. The van der Waals surface area contributed by atoms with Gasteiger partial charge in [-0.05, 0) is 43.0 Å². The van der Waals surface area contributed by atoms with E-state index in [2.05, 4.69) is 0 Å². The van der Waals surface area contributed by atoms with Crippen LogP contribution < -0.4 is 5.56 Å². The van der Waals surface area contributed by atoms with Gasteiger partial charge in [0.2, 0.25) is 5.24 Å². The number of aromatic nitrogens is 1. The molecule has 1 heterocycles. The van der Waals surface area contributed by atoms with Crippen LogP contribution in [-0.2, 0) is 11.2 Å². The predicted octanol–water partition coefficient (Wildman–Crippen LogP) is 3.47. The van der Waals surface area contributed by atoms with E-state index in [-0.39, 0.29) is 18.0 Å². The van der Waals surface area contributed by atoms with Crippen molar-refractivity contribution < 1.29 is 4.79 Å². The molecule has 4 heteroatoms. The zero-order chi connectivity index (χ0) is 15.0. The van der Waals surface area contributed by atoms with Gasteiger partial charge in [-0.3, -0.25) is 9.59 Å². The summed E-state index contributed by atoms with van der Waals surface area (Å²) in [6, 6.07) is 12.0. The first-order valence-corrected chi connectivity index (χ1v) is 7.44.